The SMILES string of the molecule is CC(C)OCC(O)CNc1ccc(F)c(F)c1F. The molecule has 1 aromatic rings. The van der Waals surface area contributed by atoms with Crippen LogP contribution < -0.4 is 5.32 Å². The number of anilines is 1. The van der Waals surface area contributed by atoms with Crippen molar-refractivity contribution < 1.29 is 23.0 Å². The van der Waals surface area contributed by atoms with Crippen LogP contribution in [0, 0.1) is 17.5 Å². The molecule has 6 heteroatoms. The van der Waals surface area contributed by atoms with Gasteiger partial charge in [0.1, 0.15) is 0 Å². The molecule has 0 aromatic heterocycles. The van der Waals surface area contributed by atoms with E-state index in [9.17, 15) is 18.3 Å². The van der Waals surface area contributed by atoms with E-state index in [1.165, 1.54) is 0 Å². The van der Waals surface area contributed by atoms with Crippen LogP contribution in [-0.2, 0) is 4.74 Å². The molecule has 0 aliphatic heterocycles. The number of benzene rings is 1. The maximum Gasteiger partial charge on any atom is 0.196 e. The second-order valence-electron chi connectivity index (χ2n) is 4.14. The minimum atomic E-state index is -1.53. The lowest BCUT2D eigenvalue weighted by Gasteiger charge is -2.15. The number of aliphatic hydroxyl groups excluding tert-OH is 1. The third-order valence-corrected chi connectivity index (χ3v) is 2.19. The van der Waals surface area contributed by atoms with Crippen LogP contribution in [0.5, 0.6) is 0 Å². The summed E-state index contributed by atoms with van der Waals surface area (Å²) in [7, 11) is 0. The third-order valence-electron chi connectivity index (χ3n) is 2.19. The quantitative estimate of drug-likeness (QED) is 0.774. The predicted octanol–water partition coefficient (Wildman–Crippen LogP) is 2.30. The van der Waals surface area contributed by atoms with Crippen LogP contribution in [0.4, 0.5) is 18.9 Å². The molecular formula is C12H16F3NO2. The minimum Gasteiger partial charge on any atom is -0.389 e. The molecule has 1 aromatic carbocycles. The van der Waals surface area contributed by atoms with Gasteiger partial charge in [0.05, 0.1) is 24.5 Å². The number of rotatable bonds is 6. The van der Waals surface area contributed by atoms with E-state index in [0.29, 0.717) is 0 Å². The van der Waals surface area contributed by atoms with Gasteiger partial charge in [-0.3, -0.25) is 0 Å². The Labute approximate surface area is 104 Å². The third kappa shape index (κ3) is 4.19. The van der Waals surface area contributed by atoms with Crippen molar-refractivity contribution in [2.45, 2.75) is 26.1 Å². The highest BCUT2D eigenvalue weighted by Gasteiger charge is 2.14. The summed E-state index contributed by atoms with van der Waals surface area (Å²) in [6.07, 6.45) is -0.889. The first-order valence-corrected chi connectivity index (χ1v) is 5.58. The van der Waals surface area contributed by atoms with Gasteiger partial charge in [-0.05, 0) is 26.0 Å². The number of hydrogen-bond acceptors (Lipinski definition) is 3. The van der Waals surface area contributed by atoms with E-state index in [4.69, 9.17) is 4.74 Å². The molecule has 0 heterocycles. The number of nitrogens with one attached hydrogen (secondary N) is 1. The molecule has 1 atom stereocenters. The first-order chi connectivity index (χ1) is 8.41. The Morgan fingerprint density at radius 2 is 1.89 bits per heavy atom. The Balaban J connectivity index is 2.51. The van der Waals surface area contributed by atoms with Gasteiger partial charge in [0.25, 0.3) is 0 Å². The Morgan fingerprint density at radius 1 is 1.22 bits per heavy atom. The predicted molar refractivity (Wildman–Crippen MR) is 61.9 cm³/mol. The average Bonchev–Trinajstić information content (AvgIpc) is 2.32. The molecule has 0 saturated carbocycles. The number of aliphatic hydroxyl groups is 1. The van der Waals surface area contributed by atoms with Crippen LogP contribution in [0.25, 0.3) is 0 Å². The molecule has 1 rings (SSSR count). The van der Waals surface area contributed by atoms with E-state index >= 15 is 0 Å². The number of ether oxygens (including phenoxy) is 1. The highest BCUT2D eigenvalue weighted by atomic mass is 19.2. The first-order valence-electron chi connectivity index (χ1n) is 5.58. The van der Waals surface area contributed by atoms with Gasteiger partial charge in [-0.2, -0.15) is 0 Å². The summed E-state index contributed by atoms with van der Waals surface area (Å²) >= 11 is 0. The van der Waals surface area contributed by atoms with Crippen LogP contribution in [0.15, 0.2) is 12.1 Å². The first kappa shape index (κ1) is 14.8. The Kier molecular flexibility index (Phi) is 5.43. The molecule has 0 aliphatic carbocycles. The Morgan fingerprint density at radius 3 is 2.50 bits per heavy atom. The molecule has 102 valence electrons. The van der Waals surface area contributed by atoms with E-state index in [2.05, 4.69) is 5.32 Å². The van der Waals surface area contributed by atoms with Gasteiger partial charge in [-0.15, -0.1) is 0 Å². The summed E-state index contributed by atoms with van der Waals surface area (Å²) in [6.45, 7) is 3.69. The van der Waals surface area contributed by atoms with Crippen molar-refractivity contribution in [3.8, 4) is 0 Å². The van der Waals surface area contributed by atoms with Gasteiger partial charge in [-0.1, -0.05) is 0 Å². The summed E-state index contributed by atoms with van der Waals surface area (Å²) in [4.78, 5) is 0. The monoisotopic (exact) mass is 263 g/mol. The zero-order chi connectivity index (χ0) is 13.7. The van der Waals surface area contributed by atoms with Crippen LogP contribution in [0.2, 0.25) is 0 Å². The standard InChI is InChI=1S/C12H16F3NO2/c1-7(2)18-6-8(17)5-16-10-4-3-9(13)11(14)12(10)15/h3-4,7-8,16-17H,5-6H2,1-2H3. The zero-order valence-electron chi connectivity index (χ0n) is 10.2. The smallest absolute Gasteiger partial charge is 0.196 e. The maximum atomic E-state index is 13.2. The lowest BCUT2D eigenvalue weighted by molar-refractivity contribution is 0.0112. The van der Waals surface area contributed by atoms with Crippen molar-refractivity contribution in [3.05, 3.63) is 29.6 Å². The molecular weight excluding hydrogens is 247 g/mol. The van der Waals surface area contributed by atoms with Crippen molar-refractivity contribution >= 4 is 5.69 Å². The van der Waals surface area contributed by atoms with E-state index in [1.807, 2.05) is 13.8 Å². The summed E-state index contributed by atoms with van der Waals surface area (Å²) in [5.41, 5.74) is -0.197. The minimum absolute atomic E-state index is 0.0191. The van der Waals surface area contributed by atoms with Gasteiger partial charge in [0.2, 0.25) is 0 Å². The van der Waals surface area contributed by atoms with Crippen LogP contribution in [0.3, 0.4) is 0 Å². The second kappa shape index (κ2) is 6.61. The fourth-order valence-corrected chi connectivity index (χ4v) is 1.25. The van der Waals surface area contributed by atoms with Crippen molar-refractivity contribution in [2.75, 3.05) is 18.5 Å². The topological polar surface area (TPSA) is 41.5 Å². The molecule has 18 heavy (non-hydrogen) atoms. The molecule has 0 spiro atoms. The van der Waals surface area contributed by atoms with E-state index in [-0.39, 0.29) is 24.9 Å². The summed E-state index contributed by atoms with van der Waals surface area (Å²) in [5.74, 6) is -4.08. The van der Waals surface area contributed by atoms with Gasteiger partial charge >= 0.3 is 0 Å². The molecule has 0 radical (unpaired) electrons. The molecule has 0 amide bonds. The van der Waals surface area contributed by atoms with E-state index in [1.54, 1.807) is 0 Å². The van der Waals surface area contributed by atoms with Crippen LogP contribution in [0.1, 0.15) is 13.8 Å². The van der Waals surface area contributed by atoms with Crippen molar-refractivity contribution in [2.24, 2.45) is 0 Å². The molecule has 1 unspecified atom stereocenters. The Hall–Kier alpha value is -1.27. The summed E-state index contributed by atoms with van der Waals surface area (Å²) < 4.78 is 43.9. The fourth-order valence-electron chi connectivity index (χ4n) is 1.25. The molecule has 0 bridgehead atoms. The molecule has 0 saturated heterocycles. The van der Waals surface area contributed by atoms with E-state index in [0.717, 1.165) is 12.1 Å². The Bertz CT molecular complexity index is 399. The lowest BCUT2D eigenvalue weighted by atomic mass is 10.2. The maximum absolute atomic E-state index is 13.2. The number of hydrogen-bond donors (Lipinski definition) is 2. The highest BCUT2D eigenvalue weighted by molar-refractivity contribution is 5.45. The van der Waals surface area contributed by atoms with Gasteiger partial charge in [-0.25, -0.2) is 13.2 Å². The molecule has 0 fully saturated rings. The molecule has 0 aliphatic rings. The van der Waals surface area contributed by atoms with Gasteiger partial charge < -0.3 is 15.2 Å². The second-order valence-corrected chi connectivity index (χ2v) is 4.14. The lowest BCUT2D eigenvalue weighted by Crippen LogP contribution is -2.26. The van der Waals surface area contributed by atoms with Gasteiger partial charge in [0.15, 0.2) is 17.5 Å². The van der Waals surface area contributed by atoms with Crippen molar-refractivity contribution in [3.63, 3.8) is 0 Å². The van der Waals surface area contributed by atoms with E-state index < -0.39 is 23.6 Å². The average molecular weight is 263 g/mol. The fraction of sp³-hybridized carbons (Fsp3) is 0.500. The van der Waals surface area contributed by atoms with Crippen molar-refractivity contribution in [1.29, 1.82) is 0 Å². The molecule has 3 nitrogen and oxygen atoms in total. The van der Waals surface area contributed by atoms with Crippen LogP contribution in [-0.4, -0.2) is 30.5 Å². The summed E-state index contributed by atoms with van der Waals surface area (Å²) in [6, 6.07) is 1.89. The summed E-state index contributed by atoms with van der Waals surface area (Å²) in [5, 5.41) is 12.0. The largest absolute Gasteiger partial charge is 0.389 e. The highest BCUT2D eigenvalue weighted by Crippen LogP contribution is 2.19. The van der Waals surface area contributed by atoms with Gasteiger partial charge in [0, 0.05) is 6.54 Å². The number of halogens is 3. The molecule has 2 N–H and O–H groups in total. The van der Waals surface area contributed by atoms with Crippen molar-refractivity contribution in [1.82, 2.24) is 0 Å². The normalized spacial score (nSPS) is 12.8. The zero-order valence-corrected chi connectivity index (χ0v) is 10.2. The van der Waals surface area contributed by atoms with Crippen LogP contribution >= 0.6 is 0 Å².